The lowest BCUT2D eigenvalue weighted by Crippen LogP contribution is -2.30. The predicted octanol–water partition coefficient (Wildman–Crippen LogP) is 1.82. The maximum atomic E-state index is 11.9. The maximum Gasteiger partial charge on any atom is 0.240 e. The third-order valence-electron chi connectivity index (χ3n) is 2.17. The smallest absolute Gasteiger partial charge is 0.240 e. The molecule has 17 heavy (non-hydrogen) atoms. The van der Waals surface area contributed by atoms with Gasteiger partial charge in [-0.25, -0.2) is 18.1 Å². The maximum absolute atomic E-state index is 11.9. The van der Waals surface area contributed by atoms with Crippen LogP contribution in [0.2, 0.25) is 0 Å². The van der Waals surface area contributed by atoms with Crippen molar-refractivity contribution in [3.05, 3.63) is 24.1 Å². The van der Waals surface area contributed by atoms with Gasteiger partial charge in [0.1, 0.15) is 5.52 Å². The molecule has 0 bridgehead atoms. The van der Waals surface area contributed by atoms with E-state index >= 15 is 0 Å². The van der Waals surface area contributed by atoms with Gasteiger partial charge < -0.3 is 4.42 Å². The largest absolute Gasteiger partial charge is 0.441 e. The molecule has 0 saturated carbocycles. The molecule has 0 aliphatic rings. The van der Waals surface area contributed by atoms with E-state index in [2.05, 4.69) is 9.71 Å². The summed E-state index contributed by atoms with van der Waals surface area (Å²) in [5.41, 5.74) is 1.14. The number of nitrogens with one attached hydrogen (secondary N) is 1. The molecule has 0 saturated heterocycles. The minimum atomic E-state index is -3.47. The van der Waals surface area contributed by atoms with Gasteiger partial charge in [-0.05, 0) is 32.0 Å². The minimum absolute atomic E-state index is 0.144. The van der Waals surface area contributed by atoms with Crippen molar-refractivity contribution in [3.8, 4) is 0 Å². The van der Waals surface area contributed by atoms with E-state index < -0.39 is 10.0 Å². The third kappa shape index (κ3) is 2.48. The van der Waals surface area contributed by atoms with Crippen LogP contribution in [0.4, 0.5) is 0 Å². The molecule has 0 spiro atoms. The van der Waals surface area contributed by atoms with Gasteiger partial charge in [-0.15, -0.1) is 0 Å². The van der Waals surface area contributed by atoms with Crippen molar-refractivity contribution in [2.24, 2.45) is 0 Å². The van der Waals surface area contributed by atoms with Gasteiger partial charge in [-0.2, -0.15) is 0 Å². The Hall–Kier alpha value is -1.40. The molecule has 0 aliphatic carbocycles. The minimum Gasteiger partial charge on any atom is -0.441 e. The zero-order valence-electron chi connectivity index (χ0n) is 9.89. The van der Waals surface area contributed by atoms with E-state index in [1.165, 1.54) is 12.1 Å². The topological polar surface area (TPSA) is 72.2 Å². The molecule has 1 aromatic carbocycles. The number of sulfonamides is 1. The summed E-state index contributed by atoms with van der Waals surface area (Å²) in [7, 11) is -3.47. The van der Waals surface area contributed by atoms with E-state index in [0.717, 1.165) is 0 Å². The first-order chi connectivity index (χ1) is 7.88. The second kappa shape index (κ2) is 4.12. The molecule has 0 amide bonds. The van der Waals surface area contributed by atoms with Crippen molar-refractivity contribution in [2.75, 3.05) is 0 Å². The van der Waals surface area contributed by atoms with Crippen LogP contribution in [0.15, 0.2) is 27.5 Å². The van der Waals surface area contributed by atoms with E-state index in [0.29, 0.717) is 17.0 Å². The number of hydrogen-bond donors (Lipinski definition) is 1. The molecular weight excluding hydrogens is 240 g/mol. The normalized spacial score (nSPS) is 12.5. The molecular formula is C11H14N2O3S. The van der Waals surface area contributed by atoms with Crippen LogP contribution < -0.4 is 4.72 Å². The number of benzene rings is 1. The quantitative estimate of drug-likeness (QED) is 0.906. The highest BCUT2D eigenvalue weighted by atomic mass is 32.2. The Balaban J connectivity index is 2.49. The van der Waals surface area contributed by atoms with Gasteiger partial charge in [0.2, 0.25) is 10.0 Å². The van der Waals surface area contributed by atoms with Gasteiger partial charge in [0, 0.05) is 13.0 Å². The van der Waals surface area contributed by atoms with Crippen LogP contribution in [0, 0.1) is 6.92 Å². The molecule has 2 rings (SSSR count). The predicted molar refractivity (Wildman–Crippen MR) is 64.2 cm³/mol. The highest BCUT2D eigenvalue weighted by Gasteiger charge is 2.16. The molecule has 1 aromatic heterocycles. The molecule has 1 N–H and O–H groups in total. The summed E-state index contributed by atoms with van der Waals surface area (Å²) >= 11 is 0. The molecule has 0 atom stereocenters. The van der Waals surface area contributed by atoms with Crippen LogP contribution >= 0.6 is 0 Å². The summed E-state index contributed by atoms with van der Waals surface area (Å²) in [6, 6.07) is 4.49. The van der Waals surface area contributed by atoms with Crippen LogP contribution in [-0.4, -0.2) is 19.4 Å². The summed E-state index contributed by atoms with van der Waals surface area (Å²) < 4.78 is 31.7. The van der Waals surface area contributed by atoms with Gasteiger partial charge in [-0.3, -0.25) is 0 Å². The van der Waals surface area contributed by atoms with Crippen molar-refractivity contribution in [2.45, 2.75) is 31.7 Å². The summed E-state index contributed by atoms with van der Waals surface area (Å²) in [4.78, 5) is 4.31. The van der Waals surface area contributed by atoms with Gasteiger partial charge in [0.25, 0.3) is 0 Å². The van der Waals surface area contributed by atoms with Gasteiger partial charge in [0.15, 0.2) is 11.5 Å². The molecule has 6 heteroatoms. The number of aromatic nitrogens is 1. The fourth-order valence-electron chi connectivity index (χ4n) is 1.57. The van der Waals surface area contributed by atoms with Crippen molar-refractivity contribution in [1.82, 2.24) is 9.71 Å². The zero-order valence-corrected chi connectivity index (χ0v) is 10.7. The van der Waals surface area contributed by atoms with Crippen LogP contribution in [0.3, 0.4) is 0 Å². The lowest BCUT2D eigenvalue weighted by atomic mass is 10.3. The van der Waals surface area contributed by atoms with E-state index in [9.17, 15) is 8.42 Å². The Labute approximate surface area is 99.9 Å². The Morgan fingerprint density at radius 2 is 2.06 bits per heavy atom. The number of fused-ring (bicyclic) bond motifs is 1. The Bertz CT molecular complexity index is 644. The summed E-state index contributed by atoms with van der Waals surface area (Å²) in [6.45, 7) is 5.27. The van der Waals surface area contributed by atoms with Crippen LogP contribution in [0.25, 0.3) is 11.1 Å². The lowest BCUT2D eigenvalue weighted by Gasteiger charge is -2.08. The molecule has 2 aromatic rings. The second-order valence-electron chi connectivity index (χ2n) is 4.14. The fraction of sp³-hybridized carbons (Fsp3) is 0.364. The highest BCUT2D eigenvalue weighted by Crippen LogP contribution is 2.19. The number of oxazole rings is 1. The van der Waals surface area contributed by atoms with Crippen LogP contribution in [0.1, 0.15) is 19.7 Å². The molecule has 0 unspecified atom stereocenters. The lowest BCUT2D eigenvalue weighted by molar-refractivity contribution is 0.561. The molecule has 0 fully saturated rings. The van der Waals surface area contributed by atoms with Crippen molar-refractivity contribution >= 4 is 21.1 Å². The van der Waals surface area contributed by atoms with E-state index in [-0.39, 0.29) is 10.9 Å². The third-order valence-corrected chi connectivity index (χ3v) is 3.82. The number of rotatable bonds is 3. The summed E-state index contributed by atoms with van der Waals surface area (Å²) in [5, 5.41) is 0. The van der Waals surface area contributed by atoms with E-state index in [1.54, 1.807) is 26.8 Å². The van der Waals surface area contributed by atoms with Gasteiger partial charge in [0.05, 0.1) is 4.90 Å². The second-order valence-corrected chi connectivity index (χ2v) is 5.85. The standard InChI is InChI=1S/C11H14N2O3S/c1-7(2)13-17(14,15)9-4-5-11-10(6-9)12-8(3)16-11/h4-7,13H,1-3H3. The van der Waals surface area contributed by atoms with Gasteiger partial charge >= 0.3 is 0 Å². The SMILES string of the molecule is Cc1nc2cc(S(=O)(=O)NC(C)C)ccc2o1. The highest BCUT2D eigenvalue weighted by molar-refractivity contribution is 7.89. The summed E-state index contributed by atoms with van der Waals surface area (Å²) in [5.74, 6) is 0.520. The Morgan fingerprint density at radius 3 is 2.71 bits per heavy atom. The van der Waals surface area contributed by atoms with Crippen LogP contribution in [-0.2, 0) is 10.0 Å². The number of nitrogens with zero attached hydrogens (tertiary/aromatic N) is 1. The Kier molecular flexibility index (Phi) is 2.92. The van der Waals surface area contributed by atoms with Crippen LogP contribution in [0.5, 0.6) is 0 Å². The molecule has 92 valence electrons. The molecule has 5 nitrogen and oxygen atoms in total. The van der Waals surface area contributed by atoms with E-state index in [4.69, 9.17) is 4.42 Å². The molecule has 0 aliphatic heterocycles. The van der Waals surface area contributed by atoms with E-state index in [1.807, 2.05) is 0 Å². The fourth-order valence-corrected chi connectivity index (χ4v) is 2.84. The van der Waals surface area contributed by atoms with Crippen molar-refractivity contribution < 1.29 is 12.8 Å². The first-order valence-corrected chi connectivity index (χ1v) is 6.76. The average Bonchev–Trinajstić information content (AvgIpc) is 2.54. The van der Waals surface area contributed by atoms with Crippen molar-refractivity contribution in [1.29, 1.82) is 0 Å². The van der Waals surface area contributed by atoms with Crippen molar-refractivity contribution in [3.63, 3.8) is 0 Å². The first kappa shape index (κ1) is 12.1. The number of aryl methyl sites for hydroxylation is 1. The monoisotopic (exact) mass is 254 g/mol. The molecule has 1 heterocycles. The average molecular weight is 254 g/mol. The molecule has 0 radical (unpaired) electrons. The first-order valence-electron chi connectivity index (χ1n) is 5.28. The zero-order chi connectivity index (χ0) is 12.6. The van der Waals surface area contributed by atoms with Gasteiger partial charge in [-0.1, -0.05) is 0 Å². The Morgan fingerprint density at radius 1 is 1.35 bits per heavy atom. The number of hydrogen-bond acceptors (Lipinski definition) is 4. The summed E-state index contributed by atoms with van der Waals surface area (Å²) in [6.07, 6.45) is 0.